The van der Waals surface area contributed by atoms with Crippen LogP contribution in [0.4, 0.5) is 8.78 Å². The molecule has 0 saturated heterocycles. The molecule has 1 nitrogen and oxygen atoms in total. The molecule has 0 amide bonds. The molecule has 1 rings (SSSR count). The topological polar surface area (TPSA) is 26.0 Å². The molecule has 0 aliphatic carbocycles. The van der Waals surface area contributed by atoms with Crippen LogP contribution in [0.2, 0.25) is 0 Å². The average molecular weight is 180 g/mol. The first-order chi connectivity index (χ1) is 4.72. The van der Waals surface area contributed by atoms with E-state index in [2.05, 4.69) is 0 Å². The summed E-state index contributed by atoms with van der Waals surface area (Å²) in [4.78, 5) is 0. The van der Waals surface area contributed by atoms with Crippen molar-refractivity contribution in [1.29, 1.82) is 0 Å². The summed E-state index contributed by atoms with van der Waals surface area (Å²) in [5, 5.41) is 0. The normalized spacial score (nSPS) is 9.00. The summed E-state index contributed by atoms with van der Waals surface area (Å²) in [5.74, 6) is -1.17. The van der Waals surface area contributed by atoms with Gasteiger partial charge in [0, 0.05) is 12.6 Å². The van der Waals surface area contributed by atoms with E-state index in [0.29, 0.717) is 5.56 Å². The van der Waals surface area contributed by atoms with E-state index in [-0.39, 0.29) is 19.0 Å². The summed E-state index contributed by atoms with van der Waals surface area (Å²) in [6, 6.07) is 3.24. The fourth-order valence-corrected chi connectivity index (χ4v) is 0.729. The predicted molar refractivity (Wildman–Crippen MR) is 41.5 cm³/mol. The molecular weight excluding hydrogens is 172 g/mol. The zero-order chi connectivity index (χ0) is 7.56. The van der Waals surface area contributed by atoms with Gasteiger partial charge in [0.15, 0.2) is 0 Å². The largest absolute Gasteiger partial charge is 0.326 e. The van der Waals surface area contributed by atoms with E-state index < -0.39 is 11.6 Å². The Kier molecular flexibility index (Phi) is 4.00. The first kappa shape index (κ1) is 10.3. The van der Waals surface area contributed by atoms with Crippen molar-refractivity contribution in [2.45, 2.75) is 6.54 Å². The Morgan fingerprint density at radius 3 is 1.91 bits per heavy atom. The summed E-state index contributed by atoms with van der Waals surface area (Å²) >= 11 is 0. The number of benzene rings is 1. The van der Waals surface area contributed by atoms with Crippen molar-refractivity contribution in [3.05, 3.63) is 35.4 Å². The van der Waals surface area contributed by atoms with Crippen LogP contribution in [0.25, 0.3) is 0 Å². The van der Waals surface area contributed by atoms with Crippen molar-refractivity contribution in [3.63, 3.8) is 0 Å². The zero-order valence-corrected chi connectivity index (χ0v) is 6.50. The van der Waals surface area contributed by atoms with Crippen molar-refractivity contribution in [2.24, 2.45) is 5.73 Å². The van der Waals surface area contributed by atoms with Gasteiger partial charge in [0.1, 0.15) is 11.6 Å². The SMILES string of the molecule is Cl.NCc1cc(F)cc(F)c1. The molecular formula is C7H8ClF2N. The quantitative estimate of drug-likeness (QED) is 0.700. The Morgan fingerprint density at radius 1 is 1.09 bits per heavy atom. The highest BCUT2D eigenvalue weighted by molar-refractivity contribution is 5.85. The molecule has 0 aromatic heterocycles. The molecule has 0 heterocycles. The van der Waals surface area contributed by atoms with E-state index >= 15 is 0 Å². The zero-order valence-electron chi connectivity index (χ0n) is 5.68. The third-order valence-corrected chi connectivity index (χ3v) is 1.16. The Morgan fingerprint density at radius 2 is 1.55 bits per heavy atom. The number of rotatable bonds is 1. The fraction of sp³-hybridized carbons (Fsp3) is 0.143. The van der Waals surface area contributed by atoms with Crippen molar-refractivity contribution < 1.29 is 8.78 Å². The maximum atomic E-state index is 12.3. The van der Waals surface area contributed by atoms with Crippen LogP contribution in [0.15, 0.2) is 18.2 Å². The molecule has 0 unspecified atom stereocenters. The Hall–Kier alpha value is -0.670. The molecule has 11 heavy (non-hydrogen) atoms. The van der Waals surface area contributed by atoms with E-state index in [1.165, 1.54) is 12.1 Å². The van der Waals surface area contributed by atoms with E-state index in [9.17, 15) is 8.78 Å². The highest BCUT2D eigenvalue weighted by Crippen LogP contribution is 2.06. The van der Waals surface area contributed by atoms with Gasteiger partial charge in [0.2, 0.25) is 0 Å². The summed E-state index contributed by atoms with van der Waals surface area (Å²) in [6.07, 6.45) is 0. The van der Waals surface area contributed by atoms with E-state index in [1.807, 2.05) is 0 Å². The number of nitrogens with two attached hydrogens (primary N) is 1. The van der Waals surface area contributed by atoms with Crippen molar-refractivity contribution in [3.8, 4) is 0 Å². The standard InChI is InChI=1S/C7H7F2N.ClH/c8-6-1-5(4-10)2-7(9)3-6;/h1-3H,4,10H2;1H. The molecule has 0 fully saturated rings. The van der Waals surface area contributed by atoms with Gasteiger partial charge >= 0.3 is 0 Å². The first-order valence-electron chi connectivity index (χ1n) is 2.87. The van der Waals surface area contributed by atoms with Crippen molar-refractivity contribution in [2.75, 3.05) is 0 Å². The lowest BCUT2D eigenvalue weighted by molar-refractivity contribution is 0.580. The fourth-order valence-electron chi connectivity index (χ4n) is 0.729. The third kappa shape index (κ3) is 2.82. The number of hydrogen-bond donors (Lipinski definition) is 1. The molecule has 4 heteroatoms. The second kappa shape index (κ2) is 4.26. The van der Waals surface area contributed by atoms with Gasteiger partial charge < -0.3 is 5.73 Å². The van der Waals surface area contributed by atoms with Crippen molar-refractivity contribution in [1.82, 2.24) is 0 Å². The van der Waals surface area contributed by atoms with Crippen LogP contribution < -0.4 is 5.73 Å². The van der Waals surface area contributed by atoms with Gasteiger partial charge in [-0.1, -0.05) is 0 Å². The van der Waals surface area contributed by atoms with Crippen LogP contribution >= 0.6 is 12.4 Å². The third-order valence-electron chi connectivity index (χ3n) is 1.16. The first-order valence-corrected chi connectivity index (χ1v) is 2.87. The smallest absolute Gasteiger partial charge is 0.126 e. The maximum absolute atomic E-state index is 12.3. The van der Waals surface area contributed by atoms with Crippen molar-refractivity contribution >= 4 is 12.4 Å². The molecule has 0 aliphatic heterocycles. The molecule has 0 aliphatic rings. The van der Waals surface area contributed by atoms with Crippen LogP contribution in [0.3, 0.4) is 0 Å². The van der Waals surface area contributed by atoms with Gasteiger partial charge in [-0.2, -0.15) is 0 Å². The molecule has 0 saturated carbocycles. The lowest BCUT2D eigenvalue weighted by Crippen LogP contribution is -1.97. The summed E-state index contributed by atoms with van der Waals surface area (Å²) in [6.45, 7) is 0.161. The van der Waals surface area contributed by atoms with Gasteiger partial charge in [-0.3, -0.25) is 0 Å². The maximum Gasteiger partial charge on any atom is 0.126 e. The minimum atomic E-state index is -0.583. The highest BCUT2D eigenvalue weighted by atomic mass is 35.5. The molecule has 0 spiro atoms. The van der Waals surface area contributed by atoms with Crippen LogP contribution in [0.1, 0.15) is 5.56 Å². The highest BCUT2D eigenvalue weighted by Gasteiger charge is 1.96. The molecule has 0 atom stereocenters. The monoisotopic (exact) mass is 179 g/mol. The van der Waals surface area contributed by atoms with Gasteiger partial charge in [-0.15, -0.1) is 12.4 Å². The average Bonchev–Trinajstić information content (AvgIpc) is 1.85. The minimum absolute atomic E-state index is 0. The lowest BCUT2D eigenvalue weighted by Gasteiger charge is -1.95. The Labute approximate surface area is 69.6 Å². The van der Waals surface area contributed by atoms with Crippen LogP contribution in [0.5, 0.6) is 0 Å². The predicted octanol–water partition coefficient (Wildman–Crippen LogP) is 1.85. The number of hydrogen-bond acceptors (Lipinski definition) is 1. The van der Waals surface area contributed by atoms with E-state index in [0.717, 1.165) is 6.07 Å². The minimum Gasteiger partial charge on any atom is -0.326 e. The Balaban J connectivity index is 0.000001000. The van der Waals surface area contributed by atoms with E-state index in [4.69, 9.17) is 5.73 Å². The Bertz CT molecular complexity index is 220. The lowest BCUT2D eigenvalue weighted by atomic mass is 10.2. The molecule has 0 bridgehead atoms. The molecule has 62 valence electrons. The molecule has 2 N–H and O–H groups in total. The molecule has 1 aromatic carbocycles. The summed E-state index contributed by atoms with van der Waals surface area (Å²) < 4.78 is 24.6. The summed E-state index contributed by atoms with van der Waals surface area (Å²) in [5.41, 5.74) is 5.62. The van der Waals surface area contributed by atoms with Gasteiger partial charge in [0.25, 0.3) is 0 Å². The van der Waals surface area contributed by atoms with Crippen LogP contribution in [-0.4, -0.2) is 0 Å². The molecule has 0 radical (unpaired) electrons. The van der Waals surface area contributed by atoms with Crippen LogP contribution in [0, 0.1) is 11.6 Å². The van der Waals surface area contributed by atoms with Gasteiger partial charge in [-0.25, -0.2) is 8.78 Å². The number of halogens is 3. The van der Waals surface area contributed by atoms with Gasteiger partial charge in [-0.05, 0) is 17.7 Å². The van der Waals surface area contributed by atoms with E-state index in [1.54, 1.807) is 0 Å². The second-order valence-corrected chi connectivity index (χ2v) is 1.98. The molecule has 1 aromatic rings. The van der Waals surface area contributed by atoms with Gasteiger partial charge in [0.05, 0.1) is 0 Å². The second-order valence-electron chi connectivity index (χ2n) is 1.98. The summed E-state index contributed by atoms with van der Waals surface area (Å²) in [7, 11) is 0. The van der Waals surface area contributed by atoms with Crippen LogP contribution in [-0.2, 0) is 6.54 Å².